The molecule has 0 unspecified atom stereocenters. The van der Waals surface area contributed by atoms with E-state index in [0.717, 1.165) is 11.3 Å². The molecular formula is C16H17N3O3. The molecule has 1 aromatic heterocycles. The van der Waals surface area contributed by atoms with Crippen molar-refractivity contribution in [2.75, 3.05) is 18.0 Å². The average molecular weight is 299 g/mol. The predicted molar refractivity (Wildman–Crippen MR) is 81.4 cm³/mol. The van der Waals surface area contributed by atoms with Crippen LogP contribution in [0.25, 0.3) is 0 Å². The Balaban J connectivity index is 1.57. The molecule has 0 saturated heterocycles. The van der Waals surface area contributed by atoms with Crippen LogP contribution in [-0.2, 0) is 17.8 Å². The van der Waals surface area contributed by atoms with Crippen LogP contribution in [0, 0.1) is 0 Å². The van der Waals surface area contributed by atoms with Crippen LogP contribution in [0.15, 0.2) is 41.0 Å². The highest BCUT2D eigenvalue weighted by Gasteiger charge is 2.26. The Morgan fingerprint density at radius 1 is 1.36 bits per heavy atom. The lowest BCUT2D eigenvalue weighted by atomic mass is 10.2. The minimum Gasteiger partial charge on any atom is -0.467 e. The number of rotatable bonds is 5. The Morgan fingerprint density at radius 2 is 2.18 bits per heavy atom. The number of nitrogens with two attached hydrogens (primary N) is 1. The highest BCUT2D eigenvalue weighted by Crippen LogP contribution is 2.27. The number of anilines is 1. The molecule has 0 fully saturated rings. The monoisotopic (exact) mass is 299 g/mol. The number of carbonyl (C=O) groups is 2. The van der Waals surface area contributed by atoms with Gasteiger partial charge in [-0.3, -0.25) is 9.59 Å². The fourth-order valence-electron chi connectivity index (χ4n) is 2.55. The van der Waals surface area contributed by atoms with Crippen molar-refractivity contribution in [2.24, 2.45) is 5.73 Å². The summed E-state index contributed by atoms with van der Waals surface area (Å²) >= 11 is 0. The van der Waals surface area contributed by atoms with Crippen LogP contribution < -0.4 is 16.0 Å². The van der Waals surface area contributed by atoms with Crippen molar-refractivity contribution in [1.82, 2.24) is 5.32 Å². The van der Waals surface area contributed by atoms with E-state index in [1.165, 1.54) is 6.26 Å². The lowest BCUT2D eigenvalue weighted by Crippen LogP contribution is -2.36. The van der Waals surface area contributed by atoms with E-state index in [9.17, 15) is 9.59 Å². The van der Waals surface area contributed by atoms with Gasteiger partial charge in [-0.2, -0.15) is 0 Å². The minimum absolute atomic E-state index is 0.0594. The van der Waals surface area contributed by atoms with Crippen LogP contribution in [-0.4, -0.2) is 24.9 Å². The average Bonchev–Trinajstić information content (AvgIpc) is 3.12. The van der Waals surface area contributed by atoms with Crippen LogP contribution in [0.2, 0.25) is 0 Å². The second kappa shape index (κ2) is 6.03. The van der Waals surface area contributed by atoms with Gasteiger partial charge in [0.15, 0.2) is 0 Å². The van der Waals surface area contributed by atoms with E-state index < -0.39 is 0 Å². The Kier molecular flexibility index (Phi) is 3.93. The lowest BCUT2D eigenvalue weighted by Gasteiger charge is -2.17. The molecule has 1 aliphatic rings. The molecule has 1 aliphatic heterocycles. The molecule has 114 valence electrons. The summed E-state index contributed by atoms with van der Waals surface area (Å²) < 4.78 is 5.13. The Morgan fingerprint density at radius 3 is 2.95 bits per heavy atom. The third kappa shape index (κ3) is 2.73. The van der Waals surface area contributed by atoms with E-state index in [2.05, 4.69) is 5.32 Å². The number of furan rings is 1. The maximum Gasteiger partial charge on any atom is 0.254 e. The van der Waals surface area contributed by atoms with Gasteiger partial charge in [0.05, 0.1) is 18.5 Å². The van der Waals surface area contributed by atoms with Gasteiger partial charge >= 0.3 is 0 Å². The third-order valence-electron chi connectivity index (χ3n) is 3.66. The summed E-state index contributed by atoms with van der Waals surface area (Å²) in [6.45, 7) is 1.08. The maximum atomic E-state index is 12.0. The number of fused-ring (bicyclic) bond motifs is 1. The number of nitrogens with zero attached hydrogens (tertiary/aromatic N) is 1. The Bertz CT molecular complexity index is 708. The van der Waals surface area contributed by atoms with Crippen molar-refractivity contribution in [3.8, 4) is 0 Å². The molecule has 2 aromatic rings. The highest BCUT2D eigenvalue weighted by molar-refractivity contribution is 6.01. The Labute approximate surface area is 127 Å². The van der Waals surface area contributed by atoms with Gasteiger partial charge in [-0.25, -0.2) is 0 Å². The Hall–Kier alpha value is -2.60. The zero-order valence-electron chi connectivity index (χ0n) is 12.0. The van der Waals surface area contributed by atoms with Gasteiger partial charge in [-0.05, 0) is 17.7 Å². The van der Waals surface area contributed by atoms with Gasteiger partial charge in [0, 0.05) is 18.8 Å². The molecule has 6 nitrogen and oxygen atoms in total. The van der Waals surface area contributed by atoms with Crippen LogP contribution >= 0.6 is 0 Å². The summed E-state index contributed by atoms with van der Waals surface area (Å²) in [5.41, 5.74) is 7.83. The van der Waals surface area contributed by atoms with Crippen molar-refractivity contribution in [3.05, 3.63) is 53.5 Å². The molecule has 0 atom stereocenters. The molecule has 0 aliphatic carbocycles. The zero-order chi connectivity index (χ0) is 15.5. The van der Waals surface area contributed by atoms with Gasteiger partial charge in [0.25, 0.3) is 5.91 Å². The van der Waals surface area contributed by atoms with Gasteiger partial charge in [-0.1, -0.05) is 18.2 Å². The number of hydrogen-bond acceptors (Lipinski definition) is 4. The topological polar surface area (TPSA) is 88.6 Å². The van der Waals surface area contributed by atoms with Crippen molar-refractivity contribution in [3.63, 3.8) is 0 Å². The highest BCUT2D eigenvalue weighted by atomic mass is 16.3. The van der Waals surface area contributed by atoms with Crippen molar-refractivity contribution < 1.29 is 14.0 Å². The van der Waals surface area contributed by atoms with Crippen LogP contribution in [0.4, 0.5) is 5.69 Å². The van der Waals surface area contributed by atoms with E-state index >= 15 is 0 Å². The van der Waals surface area contributed by atoms with Crippen molar-refractivity contribution in [1.29, 1.82) is 0 Å². The SMILES string of the molecule is NCc1cc(C(=O)NCCN2C(=O)Cc3ccccc32)co1. The summed E-state index contributed by atoms with van der Waals surface area (Å²) in [6, 6.07) is 9.32. The molecule has 3 rings (SSSR count). The summed E-state index contributed by atoms with van der Waals surface area (Å²) in [5.74, 6) is 0.390. The number of carbonyl (C=O) groups excluding carboxylic acids is 2. The molecule has 6 heteroatoms. The van der Waals surface area contributed by atoms with E-state index in [1.54, 1.807) is 11.0 Å². The third-order valence-corrected chi connectivity index (χ3v) is 3.66. The van der Waals surface area contributed by atoms with E-state index in [0.29, 0.717) is 30.8 Å². The van der Waals surface area contributed by atoms with Crippen molar-refractivity contribution in [2.45, 2.75) is 13.0 Å². The first-order valence-electron chi connectivity index (χ1n) is 7.13. The molecular weight excluding hydrogens is 282 g/mol. The first-order chi connectivity index (χ1) is 10.7. The van der Waals surface area contributed by atoms with Crippen molar-refractivity contribution >= 4 is 17.5 Å². The number of amides is 2. The fourth-order valence-corrected chi connectivity index (χ4v) is 2.55. The zero-order valence-corrected chi connectivity index (χ0v) is 12.0. The van der Waals surface area contributed by atoms with Crippen LogP contribution in [0.5, 0.6) is 0 Å². The molecule has 2 heterocycles. The fraction of sp³-hybridized carbons (Fsp3) is 0.250. The van der Waals surface area contributed by atoms with Gasteiger partial charge in [0.2, 0.25) is 5.91 Å². The number of benzene rings is 1. The van der Waals surface area contributed by atoms with Gasteiger partial charge in [0.1, 0.15) is 12.0 Å². The normalized spacial score (nSPS) is 13.3. The number of hydrogen-bond donors (Lipinski definition) is 2. The van der Waals surface area contributed by atoms with Crippen LogP contribution in [0.3, 0.4) is 0 Å². The summed E-state index contributed by atoms with van der Waals surface area (Å²) in [4.78, 5) is 25.7. The van der Waals surface area contributed by atoms with E-state index in [-0.39, 0.29) is 18.4 Å². The molecule has 3 N–H and O–H groups in total. The molecule has 0 saturated carbocycles. The molecule has 2 amide bonds. The quantitative estimate of drug-likeness (QED) is 0.864. The first kappa shape index (κ1) is 14.3. The second-order valence-corrected chi connectivity index (χ2v) is 5.11. The molecule has 0 spiro atoms. The number of nitrogens with one attached hydrogen (secondary N) is 1. The molecule has 0 radical (unpaired) electrons. The maximum absolute atomic E-state index is 12.0. The standard InChI is InChI=1S/C16H17N3O3/c17-9-13-7-12(10-22-13)16(21)18-5-6-19-14-4-2-1-3-11(14)8-15(19)20/h1-4,7,10H,5-6,8-9,17H2,(H,18,21). The van der Waals surface area contributed by atoms with E-state index in [1.807, 2.05) is 24.3 Å². The summed E-state index contributed by atoms with van der Waals surface area (Å²) in [7, 11) is 0. The second-order valence-electron chi connectivity index (χ2n) is 5.11. The number of para-hydroxylation sites is 1. The largest absolute Gasteiger partial charge is 0.467 e. The van der Waals surface area contributed by atoms with Crippen LogP contribution in [0.1, 0.15) is 21.7 Å². The van der Waals surface area contributed by atoms with E-state index in [4.69, 9.17) is 10.2 Å². The van der Waals surface area contributed by atoms with Gasteiger partial charge < -0.3 is 20.4 Å². The molecule has 0 bridgehead atoms. The lowest BCUT2D eigenvalue weighted by molar-refractivity contribution is -0.117. The summed E-state index contributed by atoms with van der Waals surface area (Å²) in [5, 5.41) is 2.78. The predicted octanol–water partition coefficient (Wildman–Crippen LogP) is 1.06. The summed E-state index contributed by atoms with van der Waals surface area (Å²) in [6.07, 6.45) is 1.81. The smallest absolute Gasteiger partial charge is 0.254 e. The van der Waals surface area contributed by atoms with Gasteiger partial charge in [-0.15, -0.1) is 0 Å². The molecule has 1 aromatic carbocycles. The first-order valence-corrected chi connectivity index (χ1v) is 7.13. The minimum atomic E-state index is -0.233. The molecule has 22 heavy (non-hydrogen) atoms.